The third-order valence-electron chi connectivity index (χ3n) is 3.73. The Kier molecular flexibility index (Phi) is 6.26. The van der Waals surface area contributed by atoms with Crippen molar-refractivity contribution in [1.29, 1.82) is 0 Å². The Balaban J connectivity index is 2.18. The molecule has 0 unspecified atom stereocenters. The second kappa shape index (κ2) is 8.23. The molecule has 0 radical (unpaired) electrons. The van der Waals surface area contributed by atoms with Crippen molar-refractivity contribution in [3.8, 4) is 5.75 Å². The molecule has 1 N–H and O–H groups in total. The molecule has 0 aliphatic heterocycles. The van der Waals surface area contributed by atoms with E-state index in [0.717, 1.165) is 6.07 Å². The summed E-state index contributed by atoms with van der Waals surface area (Å²) in [4.78, 5) is 14.4. The number of anilines is 1. The van der Waals surface area contributed by atoms with E-state index in [0.29, 0.717) is 18.9 Å². The van der Waals surface area contributed by atoms with E-state index >= 15 is 0 Å². The highest BCUT2D eigenvalue weighted by Gasteiger charge is 2.32. The van der Waals surface area contributed by atoms with Gasteiger partial charge in [-0.05, 0) is 50.8 Å². The van der Waals surface area contributed by atoms with Crippen LogP contribution in [0.3, 0.4) is 0 Å². The highest BCUT2D eigenvalue weighted by atomic mass is 19.4. The van der Waals surface area contributed by atoms with Crippen LogP contribution in [0.4, 0.5) is 18.9 Å². The van der Waals surface area contributed by atoms with Crippen molar-refractivity contribution < 1.29 is 22.7 Å². The number of para-hydroxylation sites is 1. The molecule has 0 spiro atoms. The maximum Gasteiger partial charge on any atom is 0.416 e. The molecule has 0 heterocycles. The van der Waals surface area contributed by atoms with Gasteiger partial charge in [0, 0.05) is 12.2 Å². The Morgan fingerprint density at radius 1 is 1.15 bits per heavy atom. The number of hydrogen-bond acceptors (Lipinski definition) is 3. The second-order valence-electron chi connectivity index (χ2n) is 6.13. The van der Waals surface area contributed by atoms with Gasteiger partial charge >= 0.3 is 6.18 Å². The average molecular weight is 366 g/mol. The summed E-state index contributed by atoms with van der Waals surface area (Å²) in [5, 5.41) is 2.51. The van der Waals surface area contributed by atoms with Gasteiger partial charge in [-0.3, -0.25) is 4.79 Å². The first-order valence-electron chi connectivity index (χ1n) is 8.04. The standard InChI is InChI=1S/C19H21F3N2O2/c1-13-8-9-14(12-16(13)19(20,21)22)23-18(25)15-6-4-5-7-17(15)26-11-10-24(2)3/h4-9,12H,10-11H2,1-3H3,(H,23,25). The zero-order valence-corrected chi connectivity index (χ0v) is 14.9. The number of alkyl halides is 3. The van der Waals surface area contributed by atoms with Crippen molar-refractivity contribution in [1.82, 2.24) is 4.90 Å². The maximum atomic E-state index is 13.0. The van der Waals surface area contributed by atoms with Gasteiger partial charge in [0.2, 0.25) is 0 Å². The molecule has 2 rings (SSSR count). The van der Waals surface area contributed by atoms with Crippen LogP contribution in [0.5, 0.6) is 5.75 Å². The molecule has 0 saturated heterocycles. The fourth-order valence-electron chi connectivity index (χ4n) is 2.32. The number of hydrogen-bond donors (Lipinski definition) is 1. The lowest BCUT2D eigenvalue weighted by Gasteiger charge is -2.15. The van der Waals surface area contributed by atoms with Gasteiger partial charge in [0.1, 0.15) is 12.4 Å². The topological polar surface area (TPSA) is 41.6 Å². The van der Waals surface area contributed by atoms with Crippen LogP contribution in [0.2, 0.25) is 0 Å². The smallest absolute Gasteiger partial charge is 0.416 e. The summed E-state index contributed by atoms with van der Waals surface area (Å²) in [5.41, 5.74) is -0.329. The zero-order valence-electron chi connectivity index (χ0n) is 14.9. The quantitative estimate of drug-likeness (QED) is 0.833. The molecule has 2 aromatic rings. The van der Waals surface area contributed by atoms with Crippen LogP contribution in [0.25, 0.3) is 0 Å². The minimum absolute atomic E-state index is 0.0796. The van der Waals surface area contributed by atoms with Gasteiger partial charge in [0.25, 0.3) is 5.91 Å². The van der Waals surface area contributed by atoms with Crippen LogP contribution in [0.1, 0.15) is 21.5 Å². The van der Waals surface area contributed by atoms with E-state index in [1.165, 1.54) is 19.1 Å². The molecular weight excluding hydrogens is 345 g/mol. The number of carbonyl (C=O) groups is 1. The number of nitrogens with zero attached hydrogens (tertiary/aromatic N) is 1. The van der Waals surface area contributed by atoms with Crippen molar-refractivity contribution >= 4 is 11.6 Å². The number of amides is 1. The van der Waals surface area contributed by atoms with E-state index in [1.807, 2.05) is 19.0 Å². The Morgan fingerprint density at radius 3 is 2.50 bits per heavy atom. The van der Waals surface area contributed by atoms with Gasteiger partial charge in [0.15, 0.2) is 0 Å². The average Bonchev–Trinajstić information content (AvgIpc) is 2.55. The Bertz CT molecular complexity index is 774. The predicted molar refractivity (Wildman–Crippen MR) is 94.6 cm³/mol. The van der Waals surface area contributed by atoms with E-state index in [9.17, 15) is 18.0 Å². The summed E-state index contributed by atoms with van der Waals surface area (Å²) >= 11 is 0. The fraction of sp³-hybridized carbons (Fsp3) is 0.316. The lowest BCUT2D eigenvalue weighted by molar-refractivity contribution is -0.138. The van der Waals surface area contributed by atoms with Crippen molar-refractivity contribution in [2.75, 3.05) is 32.6 Å². The third-order valence-corrected chi connectivity index (χ3v) is 3.73. The van der Waals surface area contributed by atoms with E-state index in [4.69, 9.17) is 4.74 Å². The van der Waals surface area contributed by atoms with Gasteiger partial charge in [-0.15, -0.1) is 0 Å². The SMILES string of the molecule is Cc1ccc(NC(=O)c2ccccc2OCCN(C)C)cc1C(F)(F)F. The second-order valence-corrected chi connectivity index (χ2v) is 6.13. The molecule has 2 aromatic carbocycles. The number of likely N-dealkylation sites (N-methyl/N-ethyl adjacent to an activating group) is 1. The van der Waals surface area contributed by atoms with Gasteiger partial charge in [-0.1, -0.05) is 18.2 Å². The van der Waals surface area contributed by atoms with Gasteiger partial charge < -0.3 is 15.0 Å². The first-order chi connectivity index (χ1) is 12.2. The molecule has 4 nitrogen and oxygen atoms in total. The van der Waals surface area contributed by atoms with Crippen LogP contribution in [-0.2, 0) is 6.18 Å². The van der Waals surface area contributed by atoms with Crippen LogP contribution in [0, 0.1) is 6.92 Å². The van der Waals surface area contributed by atoms with E-state index in [2.05, 4.69) is 5.32 Å². The third kappa shape index (κ3) is 5.23. The van der Waals surface area contributed by atoms with Crippen LogP contribution < -0.4 is 10.1 Å². The predicted octanol–water partition coefficient (Wildman–Crippen LogP) is 4.21. The molecule has 0 aliphatic carbocycles. The normalized spacial score (nSPS) is 11.5. The van der Waals surface area contributed by atoms with E-state index in [-0.39, 0.29) is 16.8 Å². The molecule has 7 heteroatoms. The van der Waals surface area contributed by atoms with E-state index in [1.54, 1.807) is 24.3 Å². The van der Waals surface area contributed by atoms with Crippen LogP contribution in [0.15, 0.2) is 42.5 Å². The Labute approximate surface area is 150 Å². The van der Waals surface area contributed by atoms with Crippen LogP contribution >= 0.6 is 0 Å². The Morgan fingerprint density at radius 2 is 1.85 bits per heavy atom. The van der Waals surface area contributed by atoms with Crippen molar-refractivity contribution in [2.24, 2.45) is 0 Å². The first-order valence-corrected chi connectivity index (χ1v) is 8.04. The minimum Gasteiger partial charge on any atom is -0.491 e. The number of ether oxygens (including phenoxy) is 1. The molecule has 0 aromatic heterocycles. The summed E-state index contributed by atoms with van der Waals surface area (Å²) in [6, 6.07) is 10.3. The monoisotopic (exact) mass is 366 g/mol. The van der Waals surface area contributed by atoms with E-state index < -0.39 is 17.6 Å². The molecule has 0 saturated carbocycles. The summed E-state index contributed by atoms with van der Waals surface area (Å²) in [5.74, 6) is -0.141. The van der Waals surface area contributed by atoms with Gasteiger partial charge in [0.05, 0.1) is 11.1 Å². The first kappa shape index (κ1) is 19.8. The minimum atomic E-state index is -4.47. The van der Waals surface area contributed by atoms with Crippen molar-refractivity contribution in [3.05, 3.63) is 59.2 Å². The van der Waals surface area contributed by atoms with Gasteiger partial charge in [-0.25, -0.2) is 0 Å². The highest BCUT2D eigenvalue weighted by molar-refractivity contribution is 6.06. The molecule has 140 valence electrons. The zero-order chi connectivity index (χ0) is 19.3. The number of nitrogens with one attached hydrogen (secondary N) is 1. The Hall–Kier alpha value is -2.54. The molecule has 0 fully saturated rings. The molecule has 26 heavy (non-hydrogen) atoms. The van der Waals surface area contributed by atoms with Crippen molar-refractivity contribution in [3.63, 3.8) is 0 Å². The lowest BCUT2D eigenvalue weighted by atomic mass is 10.1. The lowest BCUT2D eigenvalue weighted by Crippen LogP contribution is -2.21. The fourth-order valence-corrected chi connectivity index (χ4v) is 2.32. The number of aryl methyl sites for hydroxylation is 1. The summed E-state index contributed by atoms with van der Waals surface area (Å²) in [6.45, 7) is 2.44. The van der Waals surface area contributed by atoms with Gasteiger partial charge in [-0.2, -0.15) is 13.2 Å². The molecule has 0 bridgehead atoms. The molecular formula is C19H21F3N2O2. The highest BCUT2D eigenvalue weighted by Crippen LogP contribution is 2.33. The molecule has 0 atom stereocenters. The molecule has 0 aliphatic rings. The van der Waals surface area contributed by atoms with Crippen molar-refractivity contribution in [2.45, 2.75) is 13.1 Å². The molecule has 1 amide bonds. The summed E-state index contributed by atoms with van der Waals surface area (Å²) < 4.78 is 44.7. The van der Waals surface area contributed by atoms with Crippen LogP contribution in [-0.4, -0.2) is 38.1 Å². The largest absolute Gasteiger partial charge is 0.491 e. The maximum absolute atomic E-state index is 13.0. The number of halogens is 3. The summed E-state index contributed by atoms with van der Waals surface area (Å²) in [7, 11) is 3.80. The number of benzene rings is 2. The number of carbonyl (C=O) groups excluding carboxylic acids is 1. The summed E-state index contributed by atoms with van der Waals surface area (Å²) in [6.07, 6.45) is -4.47. The number of rotatable bonds is 6.